The van der Waals surface area contributed by atoms with E-state index < -0.39 is 0 Å². The van der Waals surface area contributed by atoms with Crippen molar-refractivity contribution < 1.29 is 9.18 Å². The van der Waals surface area contributed by atoms with Crippen molar-refractivity contribution in [1.29, 1.82) is 0 Å². The van der Waals surface area contributed by atoms with Crippen molar-refractivity contribution in [2.45, 2.75) is 26.4 Å². The van der Waals surface area contributed by atoms with E-state index in [2.05, 4.69) is 20.7 Å². The lowest BCUT2D eigenvalue weighted by molar-refractivity contribution is -0.122. The van der Waals surface area contributed by atoms with Gasteiger partial charge in [0.15, 0.2) is 0 Å². The van der Waals surface area contributed by atoms with Crippen molar-refractivity contribution in [1.82, 2.24) is 25.5 Å². The van der Waals surface area contributed by atoms with Crippen LogP contribution in [-0.4, -0.2) is 32.2 Å². The number of nitrogens with one attached hydrogen (secondary N) is 1. The molecule has 0 unspecified atom stereocenters. The predicted octanol–water partition coefficient (Wildman–Crippen LogP) is 1.00. The Morgan fingerprint density at radius 2 is 2.26 bits per heavy atom. The third-order valence-electron chi connectivity index (χ3n) is 2.27. The molecule has 0 spiro atoms. The van der Waals surface area contributed by atoms with Gasteiger partial charge in [0.2, 0.25) is 11.7 Å². The van der Waals surface area contributed by atoms with E-state index in [0.717, 1.165) is 0 Å². The molecule has 0 radical (unpaired) electrons. The number of carbonyl (C=O) groups excluding carboxylic acids is 1. The maximum Gasteiger partial charge on any atom is 0.243 e. The number of tetrazole rings is 1. The summed E-state index contributed by atoms with van der Waals surface area (Å²) in [6, 6.07) is 5.95. The van der Waals surface area contributed by atoms with E-state index in [1.807, 2.05) is 13.8 Å². The van der Waals surface area contributed by atoms with Gasteiger partial charge in [0.1, 0.15) is 12.4 Å². The van der Waals surface area contributed by atoms with Crippen LogP contribution in [0.25, 0.3) is 11.4 Å². The molecule has 0 saturated heterocycles. The molecule has 0 aliphatic carbocycles. The van der Waals surface area contributed by atoms with Gasteiger partial charge < -0.3 is 5.32 Å². The lowest BCUT2D eigenvalue weighted by atomic mass is 10.2. The first-order chi connectivity index (χ1) is 9.04. The van der Waals surface area contributed by atoms with Crippen LogP contribution in [0.15, 0.2) is 24.3 Å². The minimum Gasteiger partial charge on any atom is -0.352 e. The highest BCUT2D eigenvalue weighted by Crippen LogP contribution is 2.14. The fraction of sp³-hybridized carbons (Fsp3) is 0.333. The molecule has 1 amide bonds. The van der Waals surface area contributed by atoms with Crippen molar-refractivity contribution in [3.8, 4) is 11.4 Å². The number of amides is 1. The molecular weight excluding hydrogens is 249 g/mol. The average molecular weight is 263 g/mol. The highest BCUT2D eigenvalue weighted by atomic mass is 19.1. The lowest BCUT2D eigenvalue weighted by Gasteiger charge is -2.06. The zero-order valence-corrected chi connectivity index (χ0v) is 10.7. The highest BCUT2D eigenvalue weighted by Gasteiger charge is 2.10. The third-order valence-corrected chi connectivity index (χ3v) is 2.27. The second kappa shape index (κ2) is 5.55. The molecule has 1 aromatic carbocycles. The van der Waals surface area contributed by atoms with Gasteiger partial charge in [0.25, 0.3) is 0 Å². The third kappa shape index (κ3) is 3.57. The van der Waals surface area contributed by atoms with Crippen molar-refractivity contribution in [2.24, 2.45) is 0 Å². The summed E-state index contributed by atoms with van der Waals surface area (Å²) in [6.07, 6.45) is 0. The van der Waals surface area contributed by atoms with Gasteiger partial charge in [0.05, 0.1) is 0 Å². The van der Waals surface area contributed by atoms with Crippen molar-refractivity contribution in [3.05, 3.63) is 30.1 Å². The van der Waals surface area contributed by atoms with Crippen LogP contribution in [0.3, 0.4) is 0 Å². The zero-order chi connectivity index (χ0) is 13.8. The monoisotopic (exact) mass is 263 g/mol. The van der Waals surface area contributed by atoms with Gasteiger partial charge in [-0.1, -0.05) is 12.1 Å². The van der Waals surface area contributed by atoms with E-state index in [1.165, 1.54) is 16.9 Å². The van der Waals surface area contributed by atoms with Crippen LogP contribution in [-0.2, 0) is 11.3 Å². The van der Waals surface area contributed by atoms with Gasteiger partial charge >= 0.3 is 0 Å². The molecule has 2 aromatic rings. The molecule has 1 N–H and O–H groups in total. The summed E-state index contributed by atoms with van der Waals surface area (Å²) in [7, 11) is 0. The van der Waals surface area contributed by atoms with Gasteiger partial charge in [-0.25, -0.2) is 4.39 Å². The molecule has 19 heavy (non-hydrogen) atoms. The molecule has 0 aliphatic rings. The molecular formula is C12H14FN5O. The summed E-state index contributed by atoms with van der Waals surface area (Å²) in [5, 5.41) is 14.3. The number of halogens is 1. The van der Waals surface area contributed by atoms with E-state index >= 15 is 0 Å². The zero-order valence-electron chi connectivity index (χ0n) is 10.7. The maximum absolute atomic E-state index is 13.1. The Bertz CT molecular complexity index is 581. The molecule has 1 aromatic heterocycles. The molecule has 0 aliphatic heterocycles. The highest BCUT2D eigenvalue weighted by molar-refractivity contribution is 5.75. The standard InChI is InChI=1S/C12H14FN5O/c1-8(2)14-11(19)7-18-16-12(15-17-18)9-4-3-5-10(13)6-9/h3-6,8H,7H2,1-2H3,(H,14,19). The van der Waals surface area contributed by atoms with Crippen LogP contribution in [0, 0.1) is 5.82 Å². The summed E-state index contributed by atoms with van der Waals surface area (Å²) >= 11 is 0. The summed E-state index contributed by atoms with van der Waals surface area (Å²) in [4.78, 5) is 12.7. The molecule has 1 heterocycles. The van der Waals surface area contributed by atoms with Gasteiger partial charge in [-0.05, 0) is 31.2 Å². The van der Waals surface area contributed by atoms with Gasteiger partial charge in [-0.15, -0.1) is 10.2 Å². The number of rotatable bonds is 4. The quantitative estimate of drug-likeness (QED) is 0.893. The Hall–Kier alpha value is -2.31. The first-order valence-corrected chi connectivity index (χ1v) is 5.87. The van der Waals surface area contributed by atoms with Crippen molar-refractivity contribution >= 4 is 5.91 Å². The van der Waals surface area contributed by atoms with Crippen molar-refractivity contribution in [2.75, 3.05) is 0 Å². The largest absolute Gasteiger partial charge is 0.352 e. The van der Waals surface area contributed by atoms with Crippen LogP contribution in [0.1, 0.15) is 13.8 Å². The fourth-order valence-electron chi connectivity index (χ4n) is 1.55. The molecule has 0 saturated carbocycles. The van der Waals surface area contributed by atoms with Crippen LogP contribution in [0.2, 0.25) is 0 Å². The second-order valence-electron chi connectivity index (χ2n) is 4.38. The van der Waals surface area contributed by atoms with Crippen LogP contribution < -0.4 is 5.32 Å². The summed E-state index contributed by atoms with van der Waals surface area (Å²) in [6.45, 7) is 3.72. The van der Waals surface area contributed by atoms with Crippen LogP contribution in [0.5, 0.6) is 0 Å². The average Bonchev–Trinajstić information content (AvgIpc) is 2.76. The second-order valence-corrected chi connectivity index (χ2v) is 4.38. The molecule has 7 heteroatoms. The molecule has 0 fully saturated rings. The Morgan fingerprint density at radius 3 is 2.95 bits per heavy atom. The number of hydrogen-bond acceptors (Lipinski definition) is 4. The van der Waals surface area contributed by atoms with E-state index in [0.29, 0.717) is 5.56 Å². The van der Waals surface area contributed by atoms with Crippen LogP contribution in [0.4, 0.5) is 4.39 Å². The first kappa shape index (κ1) is 13.1. The Balaban J connectivity index is 2.09. The fourth-order valence-corrected chi connectivity index (χ4v) is 1.55. The predicted molar refractivity (Wildman–Crippen MR) is 66.5 cm³/mol. The minimum absolute atomic E-state index is 0.0134. The smallest absolute Gasteiger partial charge is 0.243 e. The van der Waals surface area contributed by atoms with Gasteiger partial charge in [0, 0.05) is 11.6 Å². The van der Waals surface area contributed by atoms with Crippen molar-refractivity contribution in [3.63, 3.8) is 0 Å². The number of benzene rings is 1. The molecule has 6 nitrogen and oxygen atoms in total. The van der Waals surface area contributed by atoms with E-state index in [-0.39, 0.29) is 30.1 Å². The Morgan fingerprint density at radius 1 is 1.47 bits per heavy atom. The van der Waals surface area contributed by atoms with E-state index in [9.17, 15) is 9.18 Å². The molecule has 0 bridgehead atoms. The number of aromatic nitrogens is 4. The van der Waals surface area contributed by atoms with Crippen LogP contribution >= 0.6 is 0 Å². The number of nitrogens with zero attached hydrogens (tertiary/aromatic N) is 4. The Labute approximate surface area is 109 Å². The van der Waals surface area contributed by atoms with Gasteiger partial charge in [-0.2, -0.15) is 4.80 Å². The Kier molecular flexibility index (Phi) is 3.84. The summed E-state index contributed by atoms with van der Waals surface area (Å²) < 4.78 is 13.1. The summed E-state index contributed by atoms with van der Waals surface area (Å²) in [5.41, 5.74) is 0.524. The maximum atomic E-state index is 13.1. The lowest BCUT2D eigenvalue weighted by Crippen LogP contribution is -2.33. The topological polar surface area (TPSA) is 72.7 Å². The van der Waals surface area contributed by atoms with Gasteiger partial charge in [-0.3, -0.25) is 4.79 Å². The number of carbonyl (C=O) groups is 1. The number of hydrogen-bond donors (Lipinski definition) is 1. The summed E-state index contributed by atoms with van der Waals surface area (Å²) in [5.74, 6) is -0.276. The van der Waals surface area contributed by atoms with E-state index in [1.54, 1.807) is 12.1 Å². The first-order valence-electron chi connectivity index (χ1n) is 5.87. The molecule has 2 rings (SSSR count). The SMILES string of the molecule is CC(C)NC(=O)Cn1nnc(-c2cccc(F)c2)n1. The molecule has 100 valence electrons. The minimum atomic E-state index is -0.369. The van der Waals surface area contributed by atoms with E-state index in [4.69, 9.17) is 0 Å². The molecule has 0 atom stereocenters. The normalized spacial score (nSPS) is 10.7.